The molecule has 0 bridgehead atoms. The Labute approximate surface area is 252 Å². The van der Waals surface area contributed by atoms with Gasteiger partial charge in [0.05, 0.1) is 6.20 Å². The molecule has 0 radical (unpaired) electrons. The predicted octanol–water partition coefficient (Wildman–Crippen LogP) is 6.55. The molecule has 1 saturated heterocycles. The predicted molar refractivity (Wildman–Crippen MR) is 171 cm³/mol. The second-order valence-corrected chi connectivity index (χ2v) is 10.7. The van der Waals surface area contributed by atoms with E-state index >= 15 is 0 Å². The van der Waals surface area contributed by atoms with Crippen molar-refractivity contribution in [1.29, 1.82) is 0 Å². The summed E-state index contributed by atoms with van der Waals surface area (Å²) in [7, 11) is 2.15. The fraction of sp³-hybridized carbons (Fsp3) is 0.242. The van der Waals surface area contributed by atoms with Crippen LogP contribution in [0.1, 0.15) is 16.7 Å². The molecule has 4 aromatic rings. The minimum absolute atomic E-state index is 0.0695. The third-order valence-electron chi connectivity index (χ3n) is 7.33. The van der Waals surface area contributed by atoms with Crippen LogP contribution in [-0.4, -0.2) is 53.9 Å². The molecule has 2 heterocycles. The second kappa shape index (κ2) is 13.5. The number of aryl methyl sites for hydroxylation is 1. The summed E-state index contributed by atoms with van der Waals surface area (Å²) in [5.74, 6) is 1.26. The van der Waals surface area contributed by atoms with E-state index in [-0.39, 0.29) is 18.8 Å². The maximum atomic E-state index is 12.1. The monoisotopic (exact) mass is 582 g/mol. The number of para-hydroxylation sites is 1. The zero-order valence-corrected chi connectivity index (χ0v) is 24.7. The molecule has 1 aliphatic heterocycles. The zero-order valence-electron chi connectivity index (χ0n) is 23.9. The molecule has 0 amide bonds. The number of ether oxygens (including phenoxy) is 1. The number of hydrogen-bond donors (Lipinski definition) is 2. The van der Waals surface area contributed by atoms with Gasteiger partial charge in [-0.1, -0.05) is 48.5 Å². The third kappa shape index (κ3) is 7.26. The lowest BCUT2D eigenvalue weighted by atomic mass is 10.1. The Morgan fingerprint density at radius 1 is 1.02 bits per heavy atom. The van der Waals surface area contributed by atoms with Crippen molar-refractivity contribution in [3.05, 3.63) is 107 Å². The summed E-state index contributed by atoms with van der Waals surface area (Å²) >= 11 is 6.45. The molecule has 42 heavy (non-hydrogen) atoms. The number of benzene rings is 3. The maximum Gasteiger partial charge on any atom is 0.229 e. The van der Waals surface area contributed by atoms with Crippen LogP contribution in [0.2, 0.25) is 5.02 Å². The van der Waals surface area contributed by atoms with Gasteiger partial charge in [-0.15, -0.1) is 0 Å². The fourth-order valence-electron chi connectivity index (χ4n) is 4.76. The molecule has 9 heteroatoms. The standard InChI is InChI=1S/C33H35ClN6O2/c1-4-27(41)20-24-9-5-6-11-30(24)37-32-31(42-22-28-23(2)8-7-10-29(28)34)21-35-33(38-32)36-25-12-14-26(15-13-25)40-18-16-39(3)17-19-40/h4-15,21H,1,16-20,22H2,2-3H3,(H2,35,36,37,38). The summed E-state index contributed by atoms with van der Waals surface area (Å²) in [6.45, 7) is 9.98. The summed E-state index contributed by atoms with van der Waals surface area (Å²) in [6, 6.07) is 21.7. The smallest absolute Gasteiger partial charge is 0.229 e. The Morgan fingerprint density at radius 2 is 1.79 bits per heavy atom. The number of nitrogens with zero attached hydrogens (tertiary/aromatic N) is 4. The number of nitrogens with one attached hydrogen (secondary N) is 2. The fourth-order valence-corrected chi connectivity index (χ4v) is 5.03. The van der Waals surface area contributed by atoms with E-state index in [1.807, 2.05) is 61.5 Å². The summed E-state index contributed by atoms with van der Waals surface area (Å²) in [4.78, 5) is 26.2. The molecule has 0 unspecified atom stereocenters. The van der Waals surface area contributed by atoms with E-state index in [4.69, 9.17) is 21.3 Å². The molecule has 3 aromatic carbocycles. The van der Waals surface area contributed by atoms with Crippen LogP contribution in [0.4, 0.5) is 28.8 Å². The van der Waals surface area contributed by atoms with Crippen LogP contribution in [-0.2, 0) is 17.8 Å². The first-order valence-corrected chi connectivity index (χ1v) is 14.3. The Morgan fingerprint density at radius 3 is 2.52 bits per heavy atom. The maximum absolute atomic E-state index is 12.1. The van der Waals surface area contributed by atoms with Crippen molar-refractivity contribution in [2.45, 2.75) is 20.0 Å². The summed E-state index contributed by atoms with van der Waals surface area (Å²) < 4.78 is 6.20. The van der Waals surface area contributed by atoms with Crippen molar-refractivity contribution >= 4 is 46.2 Å². The average molecular weight is 583 g/mol. The molecule has 0 atom stereocenters. The largest absolute Gasteiger partial charge is 0.483 e. The lowest BCUT2D eigenvalue weighted by molar-refractivity contribution is -0.114. The van der Waals surface area contributed by atoms with E-state index in [2.05, 4.69) is 51.2 Å². The Kier molecular flexibility index (Phi) is 9.36. The number of carbonyl (C=O) groups excluding carboxylic acids is 1. The first-order valence-electron chi connectivity index (χ1n) is 13.9. The highest BCUT2D eigenvalue weighted by Gasteiger charge is 2.16. The normalized spacial score (nSPS) is 13.5. The quantitative estimate of drug-likeness (QED) is 0.193. The molecule has 1 aliphatic rings. The molecule has 216 valence electrons. The zero-order chi connectivity index (χ0) is 29.5. The molecule has 1 aromatic heterocycles. The van der Waals surface area contributed by atoms with Gasteiger partial charge in [0.1, 0.15) is 6.61 Å². The summed E-state index contributed by atoms with van der Waals surface area (Å²) in [5, 5.41) is 7.32. The van der Waals surface area contributed by atoms with Crippen LogP contribution in [0, 0.1) is 6.92 Å². The molecule has 8 nitrogen and oxygen atoms in total. The van der Waals surface area contributed by atoms with Crippen molar-refractivity contribution in [3.63, 3.8) is 0 Å². The number of likely N-dealkylation sites (N-methyl/N-ethyl adjacent to an activating group) is 1. The van der Waals surface area contributed by atoms with Crippen molar-refractivity contribution in [2.75, 3.05) is 48.8 Å². The Bertz CT molecular complexity index is 1530. The number of piperazine rings is 1. The molecule has 5 rings (SSSR count). The van der Waals surface area contributed by atoms with E-state index in [0.29, 0.717) is 22.5 Å². The van der Waals surface area contributed by atoms with Gasteiger partial charge in [0.2, 0.25) is 5.95 Å². The molecule has 0 saturated carbocycles. The van der Waals surface area contributed by atoms with E-state index in [9.17, 15) is 4.79 Å². The van der Waals surface area contributed by atoms with E-state index in [0.717, 1.165) is 54.2 Å². The molecular formula is C33H35ClN6O2. The number of rotatable bonds is 11. The molecule has 0 spiro atoms. The van der Waals surface area contributed by atoms with Crippen LogP contribution in [0.3, 0.4) is 0 Å². The van der Waals surface area contributed by atoms with Crippen LogP contribution in [0.15, 0.2) is 85.6 Å². The highest BCUT2D eigenvalue weighted by molar-refractivity contribution is 6.31. The SMILES string of the molecule is C=CC(=O)Cc1ccccc1Nc1nc(Nc2ccc(N3CCN(C)CC3)cc2)ncc1OCc1c(C)cccc1Cl. The Balaban J connectivity index is 1.39. The number of carbonyl (C=O) groups is 1. The summed E-state index contributed by atoms with van der Waals surface area (Å²) in [5.41, 5.74) is 5.56. The molecule has 2 N–H and O–H groups in total. The van der Waals surface area contributed by atoms with Gasteiger partial charge in [0.15, 0.2) is 17.4 Å². The van der Waals surface area contributed by atoms with Crippen LogP contribution < -0.4 is 20.3 Å². The van der Waals surface area contributed by atoms with Gasteiger partial charge in [-0.3, -0.25) is 4.79 Å². The first kappa shape index (κ1) is 29.1. The van der Waals surface area contributed by atoms with Gasteiger partial charge in [0.25, 0.3) is 0 Å². The minimum Gasteiger partial charge on any atom is -0.483 e. The highest BCUT2D eigenvalue weighted by atomic mass is 35.5. The number of aromatic nitrogens is 2. The minimum atomic E-state index is -0.0695. The second-order valence-electron chi connectivity index (χ2n) is 10.3. The lowest BCUT2D eigenvalue weighted by Crippen LogP contribution is -2.44. The van der Waals surface area contributed by atoms with Crippen molar-refractivity contribution in [2.24, 2.45) is 0 Å². The number of allylic oxidation sites excluding steroid dienone is 1. The van der Waals surface area contributed by atoms with Gasteiger partial charge in [-0.2, -0.15) is 4.98 Å². The van der Waals surface area contributed by atoms with Crippen LogP contribution in [0.25, 0.3) is 0 Å². The van der Waals surface area contributed by atoms with Crippen molar-refractivity contribution < 1.29 is 9.53 Å². The van der Waals surface area contributed by atoms with Gasteiger partial charge >= 0.3 is 0 Å². The number of halogens is 1. The van der Waals surface area contributed by atoms with E-state index in [1.54, 1.807) is 6.20 Å². The van der Waals surface area contributed by atoms with Crippen LogP contribution >= 0.6 is 11.6 Å². The molecule has 0 aliphatic carbocycles. The van der Waals surface area contributed by atoms with Gasteiger partial charge < -0.3 is 25.2 Å². The highest BCUT2D eigenvalue weighted by Crippen LogP contribution is 2.31. The molecular weight excluding hydrogens is 548 g/mol. The van der Waals surface area contributed by atoms with E-state index in [1.165, 1.54) is 11.8 Å². The molecule has 1 fully saturated rings. The number of anilines is 5. The van der Waals surface area contributed by atoms with Crippen LogP contribution in [0.5, 0.6) is 5.75 Å². The van der Waals surface area contributed by atoms with Crippen molar-refractivity contribution in [3.8, 4) is 5.75 Å². The topological polar surface area (TPSA) is 82.6 Å². The van der Waals surface area contributed by atoms with Crippen molar-refractivity contribution in [1.82, 2.24) is 14.9 Å². The third-order valence-corrected chi connectivity index (χ3v) is 7.69. The van der Waals surface area contributed by atoms with Gasteiger partial charge in [-0.25, -0.2) is 4.98 Å². The number of ketones is 1. The van der Waals surface area contributed by atoms with Gasteiger partial charge in [-0.05, 0) is 67.6 Å². The van der Waals surface area contributed by atoms with E-state index < -0.39 is 0 Å². The average Bonchev–Trinajstić information content (AvgIpc) is 2.99. The first-order chi connectivity index (χ1) is 20.4. The summed E-state index contributed by atoms with van der Waals surface area (Å²) in [6.07, 6.45) is 3.19. The number of hydrogen-bond acceptors (Lipinski definition) is 8. The van der Waals surface area contributed by atoms with Gasteiger partial charge in [0, 0.05) is 60.2 Å². The Hall–Kier alpha value is -4.40. The lowest BCUT2D eigenvalue weighted by Gasteiger charge is -2.34.